The summed E-state index contributed by atoms with van der Waals surface area (Å²) < 4.78 is 6.53. The number of para-hydroxylation sites is 1. The zero-order valence-corrected chi connectivity index (χ0v) is 29.6. The number of hydrogen-bond donors (Lipinski definition) is 0. The minimum Gasteiger partial charge on any atom is -0.456 e. The summed E-state index contributed by atoms with van der Waals surface area (Å²) in [6, 6.07) is 65.8. The SMILES string of the molecule is c1ccc(-c2nc(-c3ccccc3)nc(-c3cc(-c4ccc(-c5ccc6c7ccccc7c7ccccc7c6c5)cc4)c4c(c3)oc3ccccc34)n2)cc1. The average molecular weight is 702 g/mol. The molecule has 0 radical (unpaired) electrons. The molecule has 4 heteroatoms. The first-order valence-electron chi connectivity index (χ1n) is 18.5. The lowest BCUT2D eigenvalue weighted by molar-refractivity contribution is 0.669. The summed E-state index contributed by atoms with van der Waals surface area (Å²) >= 11 is 0. The molecular formula is C51H31N3O. The van der Waals surface area contributed by atoms with Crippen molar-refractivity contribution in [2.24, 2.45) is 0 Å². The minimum absolute atomic E-state index is 0.587. The second-order valence-corrected chi connectivity index (χ2v) is 14.0. The zero-order chi connectivity index (χ0) is 36.3. The maximum Gasteiger partial charge on any atom is 0.164 e. The van der Waals surface area contributed by atoms with Crippen LogP contribution in [0.1, 0.15) is 0 Å². The zero-order valence-electron chi connectivity index (χ0n) is 29.6. The van der Waals surface area contributed by atoms with Crippen LogP contribution in [0, 0.1) is 0 Å². The molecule has 55 heavy (non-hydrogen) atoms. The molecule has 4 nitrogen and oxygen atoms in total. The highest BCUT2D eigenvalue weighted by Gasteiger charge is 2.19. The molecule has 0 saturated heterocycles. The molecule has 11 aromatic rings. The molecule has 0 unspecified atom stereocenters. The van der Waals surface area contributed by atoms with Crippen molar-refractivity contribution in [3.05, 3.63) is 188 Å². The van der Waals surface area contributed by atoms with Gasteiger partial charge in [0.05, 0.1) is 0 Å². The molecular weight excluding hydrogens is 671 g/mol. The predicted molar refractivity (Wildman–Crippen MR) is 227 cm³/mol. The van der Waals surface area contributed by atoms with Crippen LogP contribution in [0.5, 0.6) is 0 Å². The average Bonchev–Trinajstić information content (AvgIpc) is 3.65. The van der Waals surface area contributed by atoms with Crippen molar-refractivity contribution in [3.8, 4) is 56.4 Å². The third kappa shape index (κ3) is 5.26. The summed E-state index contributed by atoms with van der Waals surface area (Å²) in [5.41, 5.74) is 8.82. The molecule has 0 atom stereocenters. The Balaban J connectivity index is 1.07. The number of rotatable bonds is 5. The van der Waals surface area contributed by atoms with Crippen LogP contribution >= 0.6 is 0 Å². The molecule has 0 aliphatic carbocycles. The first kappa shape index (κ1) is 31.1. The molecule has 0 saturated carbocycles. The van der Waals surface area contributed by atoms with E-state index >= 15 is 0 Å². The van der Waals surface area contributed by atoms with E-state index in [0.717, 1.165) is 55.3 Å². The van der Waals surface area contributed by atoms with Gasteiger partial charge in [-0.3, -0.25) is 0 Å². The first-order chi connectivity index (χ1) is 27.2. The maximum absolute atomic E-state index is 6.53. The van der Waals surface area contributed by atoms with Gasteiger partial charge in [-0.15, -0.1) is 0 Å². The third-order valence-electron chi connectivity index (χ3n) is 10.7. The van der Waals surface area contributed by atoms with Crippen LogP contribution in [0.3, 0.4) is 0 Å². The monoisotopic (exact) mass is 701 g/mol. The van der Waals surface area contributed by atoms with Crippen molar-refractivity contribution in [3.63, 3.8) is 0 Å². The summed E-state index contributed by atoms with van der Waals surface area (Å²) in [7, 11) is 0. The molecule has 2 aromatic heterocycles. The standard InChI is InChI=1S/C51H31N3O/c1-3-13-34(14-4-1)49-52-50(35-15-5-2-6-16-35)54-51(53-49)37-30-44(48-43-21-11-12-22-46(43)55-47(48)31-37)33-25-23-32(24-26-33)36-27-28-42-40-19-8-7-17-38(40)39-18-9-10-20-41(39)45(42)29-36/h1-31H. The van der Waals surface area contributed by atoms with Crippen LogP contribution < -0.4 is 0 Å². The van der Waals surface area contributed by atoms with Crippen molar-refractivity contribution >= 4 is 54.3 Å². The van der Waals surface area contributed by atoms with Gasteiger partial charge in [0.2, 0.25) is 0 Å². The second kappa shape index (κ2) is 12.6. The molecule has 0 fully saturated rings. The Morgan fingerprint density at radius 2 is 0.727 bits per heavy atom. The van der Waals surface area contributed by atoms with Crippen molar-refractivity contribution in [1.82, 2.24) is 15.0 Å². The second-order valence-electron chi connectivity index (χ2n) is 14.0. The van der Waals surface area contributed by atoms with Gasteiger partial charge in [0.25, 0.3) is 0 Å². The van der Waals surface area contributed by atoms with E-state index < -0.39 is 0 Å². The Morgan fingerprint density at radius 1 is 0.273 bits per heavy atom. The van der Waals surface area contributed by atoms with E-state index in [1.807, 2.05) is 72.8 Å². The van der Waals surface area contributed by atoms with Crippen molar-refractivity contribution in [1.29, 1.82) is 0 Å². The van der Waals surface area contributed by atoms with E-state index in [-0.39, 0.29) is 0 Å². The Hall–Kier alpha value is -7.43. The summed E-state index contributed by atoms with van der Waals surface area (Å²) in [6.07, 6.45) is 0. The summed E-state index contributed by atoms with van der Waals surface area (Å²) in [5, 5.41) is 9.78. The van der Waals surface area contributed by atoms with E-state index in [4.69, 9.17) is 19.4 Å². The van der Waals surface area contributed by atoms with Gasteiger partial charge < -0.3 is 4.42 Å². The Kier molecular flexibility index (Phi) is 7.14. The lowest BCUT2D eigenvalue weighted by atomic mass is 9.91. The van der Waals surface area contributed by atoms with Gasteiger partial charge in [-0.1, -0.05) is 164 Å². The smallest absolute Gasteiger partial charge is 0.164 e. The number of aromatic nitrogens is 3. The molecule has 2 heterocycles. The highest BCUT2D eigenvalue weighted by atomic mass is 16.3. The molecule has 0 spiro atoms. The van der Waals surface area contributed by atoms with Crippen LogP contribution in [0.2, 0.25) is 0 Å². The fourth-order valence-corrected chi connectivity index (χ4v) is 8.08. The highest BCUT2D eigenvalue weighted by Crippen LogP contribution is 2.41. The summed E-state index contributed by atoms with van der Waals surface area (Å²) in [6.45, 7) is 0. The molecule has 256 valence electrons. The Bertz CT molecular complexity index is 3150. The van der Waals surface area contributed by atoms with Gasteiger partial charge >= 0.3 is 0 Å². The fourth-order valence-electron chi connectivity index (χ4n) is 8.08. The molecule has 9 aromatic carbocycles. The lowest BCUT2D eigenvalue weighted by Gasteiger charge is -2.13. The van der Waals surface area contributed by atoms with Gasteiger partial charge in [-0.05, 0) is 78.8 Å². The van der Waals surface area contributed by atoms with Crippen LogP contribution in [-0.4, -0.2) is 15.0 Å². The van der Waals surface area contributed by atoms with E-state index in [1.54, 1.807) is 0 Å². The summed E-state index contributed by atoms with van der Waals surface area (Å²) in [5.74, 6) is 1.83. The minimum atomic E-state index is 0.587. The number of fused-ring (bicyclic) bond motifs is 9. The molecule has 0 bridgehead atoms. The number of hydrogen-bond acceptors (Lipinski definition) is 4. The number of furan rings is 1. The van der Waals surface area contributed by atoms with Crippen molar-refractivity contribution in [2.45, 2.75) is 0 Å². The molecule has 0 aliphatic rings. The number of nitrogens with zero attached hydrogens (tertiary/aromatic N) is 3. The number of benzene rings is 9. The Labute approximate surface area is 317 Å². The topological polar surface area (TPSA) is 51.8 Å². The summed E-state index contributed by atoms with van der Waals surface area (Å²) in [4.78, 5) is 15.0. The Morgan fingerprint density at radius 3 is 1.33 bits per heavy atom. The molecule has 0 amide bonds. The van der Waals surface area contributed by atoms with Crippen LogP contribution in [0.4, 0.5) is 0 Å². The maximum atomic E-state index is 6.53. The van der Waals surface area contributed by atoms with Crippen molar-refractivity contribution in [2.75, 3.05) is 0 Å². The predicted octanol–water partition coefficient (Wildman–Crippen LogP) is 13.6. The van der Waals surface area contributed by atoms with E-state index in [1.165, 1.54) is 37.9 Å². The normalized spacial score (nSPS) is 11.6. The quantitative estimate of drug-likeness (QED) is 0.168. The van der Waals surface area contributed by atoms with E-state index in [0.29, 0.717) is 17.5 Å². The molecule has 0 N–H and O–H groups in total. The van der Waals surface area contributed by atoms with E-state index in [2.05, 4.69) is 115 Å². The fraction of sp³-hybridized carbons (Fsp3) is 0. The van der Waals surface area contributed by atoms with Gasteiger partial charge in [-0.25, -0.2) is 15.0 Å². The molecule has 0 aliphatic heterocycles. The van der Waals surface area contributed by atoms with Crippen molar-refractivity contribution < 1.29 is 4.42 Å². The van der Waals surface area contributed by atoms with Crippen LogP contribution in [0.25, 0.3) is 111 Å². The van der Waals surface area contributed by atoms with Gasteiger partial charge in [0.15, 0.2) is 17.5 Å². The van der Waals surface area contributed by atoms with Gasteiger partial charge in [-0.2, -0.15) is 0 Å². The lowest BCUT2D eigenvalue weighted by Crippen LogP contribution is -2.00. The van der Waals surface area contributed by atoms with Crippen LogP contribution in [-0.2, 0) is 0 Å². The third-order valence-corrected chi connectivity index (χ3v) is 10.7. The van der Waals surface area contributed by atoms with Gasteiger partial charge in [0.1, 0.15) is 11.2 Å². The largest absolute Gasteiger partial charge is 0.456 e. The molecule has 11 rings (SSSR count). The first-order valence-corrected chi connectivity index (χ1v) is 18.5. The van der Waals surface area contributed by atoms with Gasteiger partial charge in [0, 0.05) is 27.5 Å². The van der Waals surface area contributed by atoms with Crippen LogP contribution in [0.15, 0.2) is 192 Å². The van der Waals surface area contributed by atoms with E-state index in [9.17, 15) is 0 Å². The highest BCUT2D eigenvalue weighted by molar-refractivity contribution is 6.25.